The Labute approximate surface area is 166 Å². The number of aliphatic hydroxyl groups excluding tert-OH is 1. The highest BCUT2D eigenvalue weighted by molar-refractivity contribution is 8.08. The van der Waals surface area contributed by atoms with Crippen molar-refractivity contribution in [3.63, 3.8) is 0 Å². The van der Waals surface area contributed by atoms with E-state index in [1.54, 1.807) is 0 Å². The highest BCUT2D eigenvalue weighted by Crippen LogP contribution is 2.66. The largest absolute Gasteiger partial charge is 0.488 e. The van der Waals surface area contributed by atoms with Gasteiger partial charge in [0.15, 0.2) is 0 Å². The van der Waals surface area contributed by atoms with Crippen molar-refractivity contribution in [2.75, 3.05) is 6.61 Å². The number of rotatable bonds is 8. The average Bonchev–Trinajstić information content (AvgIpc) is 2.86. The van der Waals surface area contributed by atoms with Crippen LogP contribution < -0.4 is 11.2 Å². The van der Waals surface area contributed by atoms with Crippen LogP contribution in [0, 0.1) is 6.92 Å². The molecular formula is C10H17N2O13P3S. The van der Waals surface area contributed by atoms with Gasteiger partial charge in [-0.15, -0.1) is 0 Å². The summed E-state index contributed by atoms with van der Waals surface area (Å²) in [5, 5.41) is 10.0. The molecule has 0 radical (unpaired) electrons. The second-order valence-electron chi connectivity index (χ2n) is 5.80. The molecule has 0 saturated carbocycles. The summed E-state index contributed by atoms with van der Waals surface area (Å²) < 4.78 is 40.8. The van der Waals surface area contributed by atoms with Crippen LogP contribution in [0.3, 0.4) is 0 Å². The molecule has 1 aromatic heterocycles. The lowest BCUT2D eigenvalue weighted by atomic mass is 10.2. The van der Waals surface area contributed by atoms with E-state index >= 15 is 0 Å². The van der Waals surface area contributed by atoms with Crippen LogP contribution in [0.5, 0.6) is 0 Å². The van der Waals surface area contributed by atoms with Gasteiger partial charge >= 0.3 is 28.1 Å². The maximum atomic E-state index is 11.9. The molecular weight excluding hydrogens is 481 g/mol. The standard InChI is InChI=1S/C10H17N2O13P3S/c1-5-3-12(10(15)11-9(5)14)8-2-6(13)7(23-8)4-22-28(21,29)25-27(19,20)24-26(16,17)18/h3,6-8,13H,2,4H2,1H3,(H,19,20)(H,21,29)(H,11,14,15)(H2,16,17,18)/t6?,7-,8-,28?/m1/s1. The van der Waals surface area contributed by atoms with Gasteiger partial charge in [-0.05, 0) is 18.7 Å². The maximum absolute atomic E-state index is 11.9. The summed E-state index contributed by atoms with van der Waals surface area (Å²) in [4.78, 5) is 61.4. The predicted molar refractivity (Wildman–Crippen MR) is 97.1 cm³/mol. The molecule has 29 heavy (non-hydrogen) atoms. The molecule has 0 aromatic carbocycles. The lowest BCUT2D eigenvalue weighted by Crippen LogP contribution is -2.33. The Bertz CT molecular complexity index is 1020. The fraction of sp³-hybridized carbons (Fsp3) is 0.600. The van der Waals surface area contributed by atoms with Crippen molar-refractivity contribution < 1.29 is 51.7 Å². The molecule has 2 rings (SSSR count). The van der Waals surface area contributed by atoms with E-state index in [2.05, 4.69) is 25.4 Å². The molecule has 1 aliphatic rings. The van der Waals surface area contributed by atoms with Gasteiger partial charge in [0.2, 0.25) is 0 Å². The van der Waals surface area contributed by atoms with Crippen LogP contribution in [-0.4, -0.2) is 53.0 Å². The van der Waals surface area contributed by atoms with Gasteiger partial charge in [0.25, 0.3) is 5.56 Å². The first-order valence-electron chi connectivity index (χ1n) is 7.52. The lowest BCUT2D eigenvalue weighted by molar-refractivity contribution is -0.0427. The Balaban J connectivity index is 2.03. The molecule has 1 saturated heterocycles. The molecule has 0 amide bonds. The molecule has 5 atom stereocenters. The van der Waals surface area contributed by atoms with Gasteiger partial charge in [0.1, 0.15) is 12.3 Å². The van der Waals surface area contributed by atoms with Gasteiger partial charge in [-0.3, -0.25) is 14.3 Å². The van der Waals surface area contributed by atoms with Gasteiger partial charge in [0.05, 0.1) is 12.7 Å². The first-order chi connectivity index (χ1) is 13.1. The second-order valence-corrected chi connectivity index (χ2v) is 11.6. The van der Waals surface area contributed by atoms with Gasteiger partial charge in [-0.1, -0.05) is 0 Å². The van der Waals surface area contributed by atoms with Crippen molar-refractivity contribution in [1.29, 1.82) is 0 Å². The number of aromatic nitrogens is 2. The van der Waals surface area contributed by atoms with E-state index in [1.807, 2.05) is 0 Å². The van der Waals surface area contributed by atoms with Crippen LogP contribution in [0.2, 0.25) is 0 Å². The molecule has 15 nitrogen and oxygen atoms in total. The minimum Gasteiger partial charge on any atom is -0.390 e. The fourth-order valence-corrected chi connectivity index (χ4v) is 6.28. The molecule has 1 aliphatic heterocycles. The van der Waals surface area contributed by atoms with Crippen LogP contribution in [0.4, 0.5) is 0 Å². The molecule has 1 fully saturated rings. The molecule has 19 heteroatoms. The van der Waals surface area contributed by atoms with E-state index in [0.29, 0.717) is 0 Å². The van der Waals surface area contributed by atoms with Crippen molar-refractivity contribution in [1.82, 2.24) is 9.55 Å². The molecule has 2 heterocycles. The monoisotopic (exact) mass is 498 g/mol. The van der Waals surface area contributed by atoms with Crippen molar-refractivity contribution >= 4 is 34.2 Å². The van der Waals surface area contributed by atoms with Crippen LogP contribution in [-0.2, 0) is 38.8 Å². The van der Waals surface area contributed by atoms with Crippen molar-refractivity contribution in [3.8, 4) is 0 Å². The Morgan fingerprint density at radius 3 is 2.48 bits per heavy atom. The van der Waals surface area contributed by atoms with E-state index in [0.717, 1.165) is 4.57 Å². The first-order valence-corrected chi connectivity index (χ1v) is 13.1. The topological polar surface area (TPSA) is 227 Å². The Morgan fingerprint density at radius 2 is 1.90 bits per heavy atom. The number of aryl methyl sites for hydroxylation is 1. The summed E-state index contributed by atoms with van der Waals surface area (Å²) in [6.07, 6.45) is -2.27. The number of H-pyrrole nitrogens is 1. The number of hydrogen-bond acceptors (Lipinski definition) is 10. The summed E-state index contributed by atoms with van der Waals surface area (Å²) in [5.41, 5.74) is -1.16. The fourth-order valence-electron chi connectivity index (χ4n) is 2.31. The number of nitrogens with zero attached hydrogens (tertiary/aromatic N) is 1. The highest BCUT2D eigenvalue weighted by Gasteiger charge is 2.40. The normalized spacial score (nSPS) is 26.8. The number of aromatic amines is 1. The maximum Gasteiger partial charge on any atom is 0.488 e. The van der Waals surface area contributed by atoms with E-state index in [9.17, 15) is 33.6 Å². The summed E-state index contributed by atoms with van der Waals surface area (Å²) in [6.45, 7) is -3.77. The van der Waals surface area contributed by atoms with Crippen LogP contribution >= 0.6 is 22.4 Å². The average molecular weight is 498 g/mol. The smallest absolute Gasteiger partial charge is 0.390 e. The van der Waals surface area contributed by atoms with Gasteiger partial charge in [-0.25, -0.2) is 18.2 Å². The summed E-state index contributed by atoms with van der Waals surface area (Å²) in [6, 6.07) is 0. The van der Waals surface area contributed by atoms with Crippen LogP contribution in [0.25, 0.3) is 0 Å². The summed E-state index contributed by atoms with van der Waals surface area (Å²) in [7, 11) is -10.9. The number of nitrogens with one attached hydrogen (secondary N) is 1. The molecule has 166 valence electrons. The van der Waals surface area contributed by atoms with Crippen molar-refractivity contribution in [2.24, 2.45) is 0 Å². The second kappa shape index (κ2) is 8.89. The van der Waals surface area contributed by atoms with E-state index < -0.39 is 58.7 Å². The van der Waals surface area contributed by atoms with Gasteiger partial charge in [-0.2, -0.15) is 4.31 Å². The predicted octanol–water partition coefficient (Wildman–Crippen LogP) is -1.05. The van der Waals surface area contributed by atoms with Crippen molar-refractivity contribution in [2.45, 2.75) is 31.8 Å². The number of ether oxygens (including phenoxy) is 1. The molecule has 6 N–H and O–H groups in total. The van der Waals surface area contributed by atoms with E-state index in [-0.39, 0.29) is 12.0 Å². The first kappa shape index (κ1) is 24.7. The zero-order chi connectivity index (χ0) is 22.2. The quantitative estimate of drug-likeness (QED) is 0.235. The molecule has 1 aromatic rings. The summed E-state index contributed by atoms with van der Waals surface area (Å²) in [5.74, 6) is 0. The number of phosphoric acid groups is 2. The third-order valence-corrected chi connectivity index (χ3v) is 8.20. The minimum atomic E-state index is -5.46. The lowest BCUT2D eigenvalue weighted by Gasteiger charge is -2.21. The zero-order valence-corrected chi connectivity index (χ0v) is 17.9. The zero-order valence-electron chi connectivity index (χ0n) is 14.4. The third kappa shape index (κ3) is 7.26. The summed E-state index contributed by atoms with van der Waals surface area (Å²) >= 11 is 4.45. The molecule has 0 bridgehead atoms. The highest BCUT2D eigenvalue weighted by atomic mass is 32.5. The molecule has 0 aliphatic carbocycles. The van der Waals surface area contributed by atoms with Crippen LogP contribution in [0.15, 0.2) is 15.8 Å². The third-order valence-electron chi connectivity index (χ3n) is 3.48. The van der Waals surface area contributed by atoms with E-state index in [4.69, 9.17) is 19.0 Å². The van der Waals surface area contributed by atoms with Crippen LogP contribution in [0.1, 0.15) is 18.2 Å². The van der Waals surface area contributed by atoms with Crippen molar-refractivity contribution in [3.05, 3.63) is 32.6 Å². The molecule has 0 spiro atoms. The number of hydrogen-bond donors (Lipinski definition) is 6. The Kier molecular flexibility index (Phi) is 7.57. The Morgan fingerprint density at radius 1 is 1.28 bits per heavy atom. The minimum absolute atomic E-state index is 0.103. The molecule has 3 unspecified atom stereocenters. The SMILES string of the molecule is Cc1cn([C@H]2CC(O)[C@@H](COP(O)(=S)OP(=O)(O)OP(=O)(O)O)O2)c(=O)[nH]c1=O. The van der Waals surface area contributed by atoms with Gasteiger partial charge < -0.3 is 33.9 Å². The number of aliphatic hydroxyl groups is 1. The Hall–Kier alpha value is -0.570. The van der Waals surface area contributed by atoms with Gasteiger partial charge in [0, 0.05) is 18.2 Å². The van der Waals surface area contributed by atoms with E-state index in [1.165, 1.54) is 13.1 Å².